The molecule has 3 rings (SSSR count). The monoisotopic (exact) mass is 407 g/mol. The number of carbonyl (C=O) groups is 1. The van der Waals surface area contributed by atoms with Gasteiger partial charge in [-0.3, -0.25) is 4.98 Å². The summed E-state index contributed by atoms with van der Waals surface area (Å²) in [7, 11) is 0. The Bertz CT molecular complexity index is 979. The van der Waals surface area contributed by atoms with E-state index in [1.54, 1.807) is 0 Å². The van der Waals surface area contributed by atoms with Crippen LogP contribution in [0, 0.1) is 24.3 Å². The number of nitriles is 1. The third-order valence-corrected chi connectivity index (χ3v) is 5.35. The van der Waals surface area contributed by atoms with Crippen LogP contribution in [0.1, 0.15) is 26.5 Å². The number of aliphatic imine (C=N–C) groups is 1. The molecule has 2 amide bonds. The minimum atomic E-state index is -0.0509. The van der Waals surface area contributed by atoms with Gasteiger partial charge in [0.1, 0.15) is 0 Å². The Morgan fingerprint density at radius 1 is 1.33 bits per heavy atom. The third-order valence-electron chi connectivity index (χ3n) is 5.35. The van der Waals surface area contributed by atoms with E-state index in [1.807, 2.05) is 55.3 Å². The van der Waals surface area contributed by atoms with E-state index in [2.05, 4.69) is 39.4 Å². The topological polar surface area (TPSA) is 96.7 Å². The van der Waals surface area contributed by atoms with Crippen LogP contribution in [0.4, 0.5) is 10.5 Å². The molecule has 0 spiro atoms. The zero-order chi connectivity index (χ0) is 21.7. The van der Waals surface area contributed by atoms with E-state index in [1.165, 1.54) is 0 Å². The molecule has 158 valence electrons. The van der Waals surface area contributed by atoms with Crippen molar-refractivity contribution in [3.8, 4) is 6.19 Å². The lowest BCUT2D eigenvalue weighted by molar-refractivity contribution is 0.114. The normalized spacial score (nSPS) is 17.2. The molecule has 1 unspecified atom stereocenters. The van der Waals surface area contributed by atoms with Gasteiger partial charge in [0.05, 0.1) is 17.2 Å². The van der Waals surface area contributed by atoms with Crippen LogP contribution in [0.25, 0.3) is 10.9 Å². The van der Waals surface area contributed by atoms with Gasteiger partial charge in [0.2, 0.25) is 12.2 Å². The van der Waals surface area contributed by atoms with Gasteiger partial charge >= 0.3 is 6.03 Å². The Kier molecular flexibility index (Phi) is 6.72. The summed E-state index contributed by atoms with van der Waals surface area (Å²) in [5.41, 5.74) is 2.69. The Hall–Kier alpha value is -3.34. The number of rotatable bonds is 3. The molecule has 1 atom stereocenters. The van der Waals surface area contributed by atoms with E-state index in [9.17, 15) is 10.1 Å². The molecule has 0 radical (unpaired) electrons. The molecule has 0 bridgehead atoms. The second kappa shape index (κ2) is 9.44. The lowest BCUT2D eigenvalue weighted by Crippen LogP contribution is -2.60. The summed E-state index contributed by atoms with van der Waals surface area (Å²) >= 11 is 0. The van der Waals surface area contributed by atoms with Crippen molar-refractivity contribution in [1.82, 2.24) is 20.1 Å². The van der Waals surface area contributed by atoms with Crippen LogP contribution in [0.2, 0.25) is 0 Å². The van der Waals surface area contributed by atoms with Gasteiger partial charge in [-0.1, -0.05) is 19.9 Å². The molecule has 1 aliphatic rings. The summed E-state index contributed by atoms with van der Waals surface area (Å²) in [5, 5.41) is 16.5. The van der Waals surface area contributed by atoms with Crippen molar-refractivity contribution in [2.24, 2.45) is 10.9 Å². The number of hydrogen-bond donors (Lipinski definition) is 2. The summed E-state index contributed by atoms with van der Waals surface area (Å²) in [6.07, 6.45) is 1.93. The van der Waals surface area contributed by atoms with Crippen molar-refractivity contribution in [2.75, 3.05) is 31.5 Å². The average Bonchev–Trinajstić information content (AvgIpc) is 2.73. The summed E-state index contributed by atoms with van der Waals surface area (Å²) in [6, 6.07) is 9.85. The molecule has 8 heteroatoms. The lowest BCUT2D eigenvalue weighted by Gasteiger charge is -2.44. The number of anilines is 1. The number of benzene rings is 1. The molecule has 30 heavy (non-hydrogen) atoms. The van der Waals surface area contributed by atoms with E-state index >= 15 is 0 Å². The minimum absolute atomic E-state index is 0.0382. The van der Waals surface area contributed by atoms with E-state index in [0.29, 0.717) is 32.1 Å². The van der Waals surface area contributed by atoms with Crippen LogP contribution in [0.5, 0.6) is 0 Å². The number of pyridine rings is 1. The van der Waals surface area contributed by atoms with Crippen LogP contribution < -0.4 is 10.6 Å². The number of amides is 2. The molecule has 1 aliphatic heterocycles. The van der Waals surface area contributed by atoms with Gasteiger partial charge in [-0.25, -0.2) is 4.79 Å². The third kappa shape index (κ3) is 4.62. The number of aryl methyl sites for hydroxylation is 1. The molecule has 1 saturated heterocycles. The van der Waals surface area contributed by atoms with Crippen molar-refractivity contribution in [3.63, 3.8) is 0 Å². The first kappa shape index (κ1) is 21.4. The number of aromatic nitrogens is 1. The Morgan fingerprint density at radius 2 is 2.13 bits per heavy atom. The highest BCUT2D eigenvalue weighted by Crippen LogP contribution is 2.24. The SMILES string of the molecule is CCNC(=O)N1CCN(/C(=N\C#N)Nc2cccc3nc(C)ccc23)C(C(C)C)C1. The fourth-order valence-electron chi connectivity index (χ4n) is 3.79. The number of carbonyl (C=O) groups excluding carboxylic acids is 1. The van der Waals surface area contributed by atoms with Crippen LogP contribution in [-0.4, -0.2) is 59.0 Å². The highest BCUT2D eigenvalue weighted by Gasteiger charge is 2.33. The molecule has 8 nitrogen and oxygen atoms in total. The molecule has 1 fully saturated rings. The molecular formula is C22H29N7O. The molecule has 1 aromatic carbocycles. The Labute approximate surface area is 177 Å². The van der Waals surface area contributed by atoms with Crippen molar-refractivity contribution in [2.45, 2.75) is 33.7 Å². The predicted octanol–water partition coefficient (Wildman–Crippen LogP) is 3.16. The molecule has 2 heterocycles. The summed E-state index contributed by atoms with van der Waals surface area (Å²) in [6.45, 7) is 10.4. The van der Waals surface area contributed by atoms with Gasteiger partial charge in [-0.15, -0.1) is 4.99 Å². The van der Waals surface area contributed by atoms with Crippen molar-refractivity contribution < 1.29 is 4.79 Å². The second-order valence-corrected chi connectivity index (χ2v) is 7.77. The van der Waals surface area contributed by atoms with Gasteiger partial charge in [0, 0.05) is 37.3 Å². The number of guanidine groups is 1. The zero-order valence-corrected chi connectivity index (χ0v) is 18.0. The van der Waals surface area contributed by atoms with Gasteiger partial charge in [0.15, 0.2) is 0 Å². The number of nitrogens with one attached hydrogen (secondary N) is 2. The van der Waals surface area contributed by atoms with Crippen molar-refractivity contribution in [3.05, 3.63) is 36.0 Å². The fourth-order valence-corrected chi connectivity index (χ4v) is 3.79. The minimum Gasteiger partial charge on any atom is -0.338 e. The number of nitrogens with zero attached hydrogens (tertiary/aromatic N) is 5. The van der Waals surface area contributed by atoms with Gasteiger partial charge in [-0.05, 0) is 44.0 Å². The molecule has 2 aromatic rings. The van der Waals surface area contributed by atoms with Crippen LogP contribution >= 0.6 is 0 Å². The number of piperazine rings is 1. The van der Waals surface area contributed by atoms with Gasteiger partial charge < -0.3 is 20.4 Å². The second-order valence-electron chi connectivity index (χ2n) is 7.77. The quantitative estimate of drug-likeness (QED) is 0.463. The van der Waals surface area contributed by atoms with E-state index < -0.39 is 0 Å². The van der Waals surface area contributed by atoms with Gasteiger partial charge in [0.25, 0.3) is 0 Å². The Morgan fingerprint density at radius 3 is 2.83 bits per heavy atom. The first-order chi connectivity index (χ1) is 14.4. The maximum absolute atomic E-state index is 12.3. The number of fused-ring (bicyclic) bond motifs is 1. The maximum atomic E-state index is 12.3. The van der Waals surface area contributed by atoms with Crippen LogP contribution in [-0.2, 0) is 0 Å². The summed E-state index contributed by atoms with van der Waals surface area (Å²) in [5.74, 6) is 0.768. The van der Waals surface area contributed by atoms with E-state index in [4.69, 9.17) is 0 Å². The number of hydrogen-bond acceptors (Lipinski definition) is 4. The summed E-state index contributed by atoms with van der Waals surface area (Å²) < 4.78 is 0. The smallest absolute Gasteiger partial charge is 0.317 e. The Balaban J connectivity index is 1.89. The van der Waals surface area contributed by atoms with Crippen molar-refractivity contribution >= 4 is 28.6 Å². The lowest BCUT2D eigenvalue weighted by atomic mass is 10.00. The highest BCUT2D eigenvalue weighted by molar-refractivity contribution is 6.02. The van der Waals surface area contributed by atoms with Crippen LogP contribution in [0.3, 0.4) is 0 Å². The zero-order valence-electron chi connectivity index (χ0n) is 18.0. The molecular weight excluding hydrogens is 378 g/mol. The summed E-state index contributed by atoms with van der Waals surface area (Å²) in [4.78, 5) is 24.9. The van der Waals surface area contributed by atoms with E-state index in [0.717, 1.165) is 22.3 Å². The largest absolute Gasteiger partial charge is 0.338 e. The molecule has 1 aromatic heterocycles. The molecule has 0 saturated carbocycles. The average molecular weight is 408 g/mol. The van der Waals surface area contributed by atoms with Crippen LogP contribution in [0.15, 0.2) is 35.3 Å². The number of urea groups is 1. The van der Waals surface area contributed by atoms with E-state index in [-0.39, 0.29) is 18.0 Å². The standard InChI is InChI=1S/C22H29N7O/c1-5-24-22(30)28-11-12-29(20(13-28)15(2)3)21(25-14-23)27-19-8-6-7-18-17(19)10-9-16(4)26-18/h6-10,15,20H,5,11-13H2,1-4H3,(H,24,30)(H,25,27). The predicted molar refractivity (Wildman–Crippen MR) is 119 cm³/mol. The van der Waals surface area contributed by atoms with Crippen molar-refractivity contribution in [1.29, 1.82) is 5.26 Å². The first-order valence-electron chi connectivity index (χ1n) is 10.3. The highest BCUT2D eigenvalue weighted by atomic mass is 16.2. The molecule has 0 aliphatic carbocycles. The molecule has 2 N–H and O–H groups in total. The van der Waals surface area contributed by atoms with Gasteiger partial charge in [-0.2, -0.15) is 5.26 Å². The fraction of sp³-hybridized carbons (Fsp3) is 0.455. The maximum Gasteiger partial charge on any atom is 0.317 e. The first-order valence-corrected chi connectivity index (χ1v) is 10.3.